The lowest BCUT2D eigenvalue weighted by Gasteiger charge is -2.26. The number of hydrogen-bond donors (Lipinski definition) is 2. The summed E-state index contributed by atoms with van der Waals surface area (Å²) < 4.78 is 11.4. The first-order chi connectivity index (χ1) is 14.3. The molecule has 3 rings (SSSR count). The van der Waals surface area contributed by atoms with Crippen molar-refractivity contribution in [2.75, 3.05) is 52.5 Å². The monoisotopic (exact) mass is 530 g/mol. The second-order valence-electron chi connectivity index (χ2n) is 7.91. The smallest absolute Gasteiger partial charge is 0.191 e. The van der Waals surface area contributed by atoms with E-state index in [1.807, 2.05) is 0 Å². The number of guanidine groups is 1. The average molecular weight is 530 g/mol. The van der Waals surface area contributed by atoms with Gasteiger partial charge in [0.2, 0.25) is 0 Å². The average Bonchev–Trinajstić information content (AvgIpc) is 3.26. The van der Waals surface area contributed by atoms with Crippen LogP contribution in [0.3, 0.4) is 0 Å². The van der Waals surface area contributed by atoms with Gasteiger partial charge in [-0.2, -0.15) is 0 Å². The zero-order valence-electron chi connectivity index (χ0n) is 18.4. The lowest BCUT2D eigenvalue weighted by molar-refractivity contribution is 0.0377. The fourth-order valence-corrected chi connectivity index (χ4v) is 3.91. The van der Waals surface area contributed by atoms with Crippen LogP contribution < -0.4 is 15.4 Å². The SMILES string of the molecule is CCNC(=NCCCN1CCOCC1)NCCc1ccc(OC2CCCC2)cc1.I. The van der Waals surface area contributed by atoms with Gasteiger partial charge in [-0.1, -0.05) is 12.1 Å². The molecule has 1 aromatic rings. The minimum Gasteiger partial charge on any atom is -0.490 e. The Balaban J connectivity index is 0.00000320. The van der Waals surface area contributed by atoms with Gasteiger partial charge in [0.25, 0.3) is 0 Å². The van der Waals surface area contributed by atoms with Gasteiger partial charge in [-0.3, -0.25) is 9.89 Å². The Morgan fingerprint density at radius 1 is 1.13 bits per heavy atom. The first kappa shape index (κ1) is 25.2. The summed E-state index contributed by atoms with van der Waals surface area (Å²) in [5.41, 5.74) is 1.32. The maximum atomic E-state index is 6.05. The Hall–Kier alpha value is -1.06. The number of nitrogens with zero attached hydrogens (tertiary/aromatic N) is 2. The van der Waals surface area contributed by atoms with Crippen LogP contribution in [-0.2, 0) is 11.2 Å². The fraction of sp³-hybridized carbons (Fsp3) is 0.696. The van der Waals surface area contributed by atoms with E-state index in [0.29, 0.717) is 6.10 Å². The highest BCUT2D eigenvalue weighted by Crippen LogP contribution is 2.24. The highest BCUT2D eigenvalue weighted by Gasteiger charge is 2.16. The number of rotatable bonds is 10. The third-order valence-electron chi connectivity index (χ3n) is 5.58. The maximum absolute atomic E-state index is 6.05. The molecule has 0 bridgehead atoms. The molecule has 0 amide bonds. The summed E-state index contributed by atoms with van der Waals surface area (Å²) >= 11 is 0. The van der Waals surface area contributed by atoms with Gasteiger partial charge in [0.05, 0.1) is 19.3 Å². The van der Waals surface area contributed by atoms with Crippen molar-refractivity contribution in [3.8, 4) is 5.75 Å². The number of aliphatic imine (C=N–C) groups is 1. The van der Waals surface area contributed by atoms with Gasteiger partial charge in [0, 0.05) is 39.3 Å². The predicted molar refractivity (Wildman–Crippen MR) is 134 cm³/mol. The minimum absolute atomic E-state index is 0. The van der Waals surface area contributed by atoms with Gasteiger partial charge >= 0.3 is 0 Å². The second kappa shape index (κ2) is 14.9. The molecule has 0 radical (unpaired) electrons. The van der Waals surface area contributed by atoms with E-state index >= 15 is 0 Å². The molecule has 0 spiro atoms. The summed E-state index contributed by atoms with van der Waals surface area (Å²) in [5, 5.41) is 6.80. The standard InChI is InChI=1S/C23H38N4O2.HI/c1-2-24-23(25-13-5-15-27-16-18-28-19-17-27)26-14-12-20-8-10-22(11-9-20)29-21-6-3-4-7-21;/h8-11,21H,2-7,12-19H2,1H3,(H2,24,25,26);1H. The van der Waals surface area contributed by atoms with E-state index in [0.717, 1.165) is 77.0 Å². The van der Waals surface area contributed by atoms with Crippen molar-refractivity contribution in [3.63, 3.8) is 0 Å². The molecule has 1 heterocycles. The van der Waals surface area contributed by atoms with Crippen LogP contribution in [-0.4, -0.2) is 69.4 Å². The normalized spacial score (nSPS) is 18.1. The highest BCUT2D eigenvalue weighted by atomic mass is 127. The van der Waals surface area contributed by atoms with Crippen molar-refractivity contribution >= 4 is 29.9 Å². The van der Waals surface area contributed by atoms with Gasteiger partial charge in [-0.25, -0.2) is 0 Å². The van der Waals surface area contributed by atoms with Crippen molar-refractivity contribution in [1.29, 1.82) is 0 Å². The molecule has 1 aromatic carbocycles. The van der Waals surface area contributed by atoms with Gasteiger partial charge in [0.1, 0.15) is 5.75 Å². The summed E-state index contributed by atoms with van der Waals surface area (Å²) in [7, 11) is 0. The van der Waals surface area contributed by atoms with Crippen LogP contribution in [0.25, 0.3) is 0 Å². The Morgan fingerprint density at radius 3 is 2.57 bits per heavy atom. The molecule has 1 aliphatic heterocycles. The number of nitrogens with one attached hydrogen (secondary N) is 2. The summed E-state index contributed by atoms with van der Waals surface area (Å²) in [4.78, 5) is 7.17. The summed E-state index contributed by atoms with van der Waals surface area (Å²) in [5.74, 6) is 1.92. The van der Waals surface area contributed by atoms with Crippen molar-refractivity contribution in [2.24, 2.45) is 4.99 Å². The van der Waals surface area contributed by atoms with Crippen LogP contribution >= 0.6 is 24.0 Å². The van der Waals surface area contributed by atoms with E-state index < -0.39 is 0 Å². The number of ether oxygens (including phenoxy) is 2. The molecular weight excluding hydrogens is 491 g/mol. The summed E-state index contributed by atoms with van der Waals surface area (Å²) in [6, 6.07) is 8.58. The molecule has 30 heavy (non-hydrogen) atoms. The number of morpholine rings is 1. The predicted octanol–water partition coefficient (Wildman–Crippen LogP) is 3.45. The molecular formula is C23H39IN4O2. The van der Waals surface area contributed by atoms with Crippen LogP contribution in [0, 0.1) is 0 Å². The van der Waals surface area contributed by atoms with E-state index in [1.165, 1.54) is 31.2 Å². The van der Waals surface area contributed by atoms with Crippen LogP contribution in [0.2, 0.25) is 0 Å². The molecule has 1 saturated carbocycles. The quantitative estimate of drug-likeness (QED) is 0.210. The molecule has 0 aromatic heterocycles. The third kappa shape index (κ3) is 9.39. The highest BCUT2D eigenvalue weighted by molar-refractivity contribution is 14.0. The van der Waals surface area contributed by atoms with Crippen LogP contribution in [0.15, 0.2) is 29.3 Å². The molecule has 2 aliphatic rings. The molecule has 0 unspecified atom stereocenters. The van der Waals surface area contributed by atoms with Gasteiger partial charge in [0.15, 0.2) is 5.96 Å². The minimum atomic E-state index is 0. The van der Waals surface area contributed by atoms with E-state index in [2.05, 4.69) is 46.7 Å². The van der Waals surface area contributed by atoms with Crippen molar-refractivity contribution in [2.45, 2.75) is 51.6 Å². The molecule has 6 nitrogen and oxygen atoms in total. The fourth-order valence-electron chi connectivity index (χ4n) is 3.91. The zero-order valence-corrected chi connectivity index (χ0v) is 20.7. The molecule has 7 heteroatoms. The Morgan fingerprint density at radius 2 is 1.87 bits per heavy atom. The van der Waals surface area contributed by atoms with E-state index in [-0.39, 0.29) is 24.0 Å². The lowest BCUT2D eigenvalue weighted by Crippen LogP contribution is -2.39. The number of hydrogen-bond acceptors (Lipinski definition) is 4. The van der Waals surface area contributed by atoms with Crippen molar-refractivity contribution < 1.29 is 9.47 Å². The largest absolute Gasteiger partial charge is 0.490 e. The topological polar surface area (TPSA) is 58.1 Å². The Kier molecular flexibility index (Phi) is 12.5. The van der Waals surface area contributed by atoms with Gasteiger partial charge in [-0.05, 0) is 63.1 Å². The van der Waals surface area contributed by atoms with Crippen LogP contribution in [0.1, 0.15) is 44.6 Å². The van der Waals surface area contributed by atoms with Crippen molar-refractivity contribution in [3.05, 3.63) is 29.8 Å². The third-order valence-corrected chi connectivity index (χ3v) is 5.58. The van der Waals surface area contributed by atoms with Crippen LogP contribution in [0.5, 0.6) is 5.75 Å². The summed E-state index contributed by atoms with van der Waals surface area (Å²) in [6.07, 6.45) is 7.48. The second-order valence-corrected chi connectivity index (χ2v) is 7.91. The Labute approximate surface area is 199 Å². The zero-order chi connectivity index (χ0) is 20.2. The number of benzene rings is 1. The van der Waals surface area contributed by atoms with Gasteiger partial charge in [-0.15, -0.1) is 24.0 Å². The molecule has 0 atom stereocenters. The van der Waals surface area contributed by atoms with Crippen LogP contribution in [0.4, 0.5) is 0 Å². The van der Waals surface area contributed by atoms with Gasteiger partial charge < -0.3 is 20.1 Å². The van der Waals surface area contributed by atoms with E-state index in [1.54, 1.807) is 0 Å². The molecule has 2 N–H and O–H groups in total. The molecule has 1 aliphatic carbocycles. The van der Waals surface area contributed by atoms with E-state index in [4.69, 9.17) is 14.5 Å². The maximum Gasteiger partial charge on any atom is 0.191 e. The Bertz CT molecular complexity index is 600. The molecule has 170 valence electrons. The first-order valence-corrected chi connectivity index (χ1v) is 11.4. The lowest BCUT2D eigenvalue weighted by atomic mass is 10.1. The van der Waals surface area contributed by atoms with Crippen molar-refractivity contribution in [1.82, 2.24) is 15.5 Å². The number of halogens is 1. The summed E-state index contributed by atoms with van der Waals surface area (Å²) in [6.45, 7) is 9.62. The van der Waals surface area contributed by atoms with E-state index in [9.17, 15) is 0 Å². The first-order valence-electron chi connectivity index (χ1n) is 11.4. The molecule has 2 fully saturated rings. The molecule has 1 saturated heterocycles.